The molecule has 1 aliphatic carbocycles. The molecule has 0 amide bonds. The van der Waals surface area contributed by atoms with Crippen LogP contribution in [-0.2, 0) is 0 Å². The summed E-state index contributed by atoms with van der Waals surface area (Å²) >= 11 is 0. The van der Waals surface area contributed by atoms with Gasteiger partial charge in [-0.05, 0) is 55.0 Å². The molecule has 0 heterocycles. The van der Waals surface area contributed by atoms with Gasteiger partial charge in [0.15, 0.2) is 0 Å². The summed E-state index contributed by atoms with van der Waals surface area (Å²) in [6.45, 7) is 12.5. The SMILES string of the molecule is C.C#C/C=C(\C)C1=CCCC=C1.CC.CCCC.Cc1ccc(-c2ccccc2)cc1. The van der Waals surface area contributed by atoms with Gasteiger partial charge in [-0.25, -0.2) is 0 Å². The first-order valence-corrected chi connectivity index (χ1v) is 11.2. The van der Waals surface area contributed by atoms with Crippen LogP contribution in [0.25, 0.3) is 11.1 Å². The number of aryl methyl sites for hydroxylation is 1. The first-order chi connectivity index (χ1) is 14.6. The Kier molecular flexibility index (Phi) is 20.1. The molecule has 0 radical (unpaired) electrons. The van der Waals surface area contributed by atoms with Crippen molar-refractivity contribution in [1.29, 1.82) is 0 Å². The first kappa shape index (κ1) is 30.4. The fraction of sp³-hybridized carbons (Fsp3) is 0.355. The Hall–Kier alpha value is -2.78. The van der Waals surface area contributed by atoms with Crippen LogP contribution in [0.2, 0.25) is 0 Å². The normalized spacial score (nSPS) is 11.5. The van der Waals surface area contributed by atoms with Gasteiger partial charge >= 0.3 is 0 Å². The van der Waals surface area contributed by atoms with Crippen LogP contribution in [0.15, 0.2) is 90.0 Å². The molecule has 0 unspecified atom stereocenters. The van der Waals surface area contributed by atoms with Crippen molar-refractivity contribution in [2.75, 3.05) is 0 Å². The minimum atomic E-state index is 0. The van der Waals surface area contributed by atoms with E-state index in [1.807, 2.05) is 32.9 Å². The van der Waals surface area contributed by atoms with Gasteiger partial charge in [-0.2, -0.15) is 0 Å². The highest BCUT2D eigenvalue weighted by Crippen LogP contribution is 2.18. The largest absolute Gasteiger partial charge is 0.115 e. The molecule has 1 aliphatic rings. The van der Waals surface area contributed by atoms with Crippen molar-refractivity contribution in [2.45, 2.75) is 74.7 Å². The van der Waals surface area contributed by atoms with E-state index < -0.39 is 0 Å². The molecule has 31 heavy (non-hydrogen) atoms. The predicted octanol–water partition coefficient (Wildman–Crippen LogP) is 9.97. The Bertz CT molecular complexity index is 791. The topological polar surface area (TPSA) is 0 Å². The van der Waals surface area contributed by atoms with Crippen molar-refractivity contribution in [3.05, 3.63) is 95.6 Å². The summed E-state index contributed by atoms with van der Waals surface area (Å²) < 4.78 is 0. The summed E-state index contributed by atoms with van der Waals surface area (Å²) in [5, 5.41) is 0. The fourth-order valence-corrected chi connectivity index (χ4v) is 2.49. The molecule has 0 saturated carbocycles. The van der Waals surface area contributed by atoms with E-state index in [0.717, 1.165) is 12.8 Å². The molecule has 0 spiro atoms. The molecule has 0 nitrogen and oxygen atoms in total. The quantitative estimate of drug-likeness (QED) is 0.437. The van der Waals surface area contributed by atoms with E-state index in [-0.39, 0.29) is 7.43 Å². The second-order valence-corrected chi connectivity index (χ2v) is 6.87. The molecule has 0 aromatic heterocycles. The molecule has 2 aromatic carbocycles. The van der Waals surface area contributed by atoms with Gasteiger partial charge in [-0.1, -0.05) is 132 Å². The van der Waals surface area contributed by atoms with Crippen LogP contribution in [0, 0.1) is 19.3 Å². The molecule has 3 rings (SSSR count). The number of hydrogen-bond acceptors (Lipinski definition) is 0. The smallest absolute Gasteiger partial charge is 0.00864 e. The summed E-state index contributed by atoms with van der Waals surface area (Å²) in [4.78, 5) is 0. The van der Waals surface area contributed by atoms with Gasteiger partial charge < -0.3 is 0 Å². The summed E-state index contributed by atoms with van der Waals surface area (Å²) in [5.74, 6) is 2.53. The monoisotopic (exact) mass is 416 g/mol. The molecule has 0 saturated heterocycles. The molecular formula is C31H44. The van der Waals surface area contributed by atoms with Crippen LogP contribution in [0.4, 0.5) is 0 Å². The van der Waals surface area contributed by atoms with E-state index in [2.05, 4.69) is 93.5 Å². The Morgan fingerprint density at radius 1 is 0.903 bits per heavy atom. The lowest BCUT2D eigenvalue weighted by atomic mass is 10.0. The van der Waals surface area contributed by atoms with Gasteiger partial charge in [0.25, 0.3) is 0 Å². The Balaban J connectivity index is 0. The number of terminal acetylenes is 1. The Labute approximate surface area is 193 Å². The number of rotatable bonds is 3. The summed E-state index contributed by atoms with van der Waals surface area (Å²) in [6, 6.07) is 19.0. The molecule has 0 N–H and O–H groups in total. The lowest BCUT2D eigenvalue weighted by Gasteiger charge is -2.05. The minimum Gasteiger partial charge on any atom is -0.115 e. The molecule has 0 aliphatic heterocycles. The van der Waals surface area contributed by atoms with Gasteiger partial charge in [-0.15, -0.1) is 6.42 Å². The van der Waals surface area contributed by atoms with Crippen molar-refractivity contribution in [3.63, 3.8) is 0 Å². The lowest BCUT2D eigenvalue weighted by molar-refractivity contribution is 0.886. The maximum atomic E-state index is 5.16. The second-order valence-electron chi connectivity index (χ2n) is 6.87. The van der Waals surface area contributed by atoms with E-state index in [4.69, 9.17) is 6.42 Å². The van der Waals surface area contributed by atoms with E-state index in [1.54, 1.807) is 0 Å². The zero-order valence-electron chi connectivity index (χ0n) is 19.9. The van der Waals surface area contributed by atoms with Crippen molar-refractivity contribution in [1.82, 2.24) is 0 Å². The molecule has 0 heteroatoms. The van der Waals surface area contributed by atoms with E-state index in [1.165, 1.54) is 40.7 Å². The predicted molar refractivity (Wildman–Crippen MR) is 144 cm³/mol. The number of unbranched alkanes of at least 4 members (excludes halogenated alkanes) is 1. The number of benzene rings is 2. The van der Waals surface area contributed by atoms with Gasteiger partial charge in [0.05, 0.1) is 0 Å². The Morgan fingerprint density at radius 3 is 1.90 bits per heavy atom. The highest BCUT2D eigenvalue weighted by atomic mass is 14.0. The van der Waals surface area contributed by atoms with Crippen LogP contribution in [0.5, 0.6) is 0 Å². The molecule has 0 fully saturated rings. The highest BCUT2D eigenvalue weighted by Gasteiger charge is 1.97. The average Bonchev–Trinajstić information content (AvgIpc) is 2.83. The summed E-state index contributed by atoms with van der Waals surface area (Å²) in [6.07, 6.45) is 18.4. The van der Waals surface area contributed by atoms with Crippen LogP contribution in [-0.4, -0.2) is 0 Å². The van der Waals surface area contributed by atoms with Gasteiger partial charge in [0.2, 0.25) is 0 Å². The van der Waals surface area contributed by atoms with Gasteiger partial charge in [0.1, 0.15) is 0 Å². The number of hydrogen-bond donors (Lipinski definition) is 0. The fourth-order valence-electron chi connectivity index (χ4n) is 2.49. The zero-order chi connectivity index (χ0) is 22.6. The van der Waals surface area contributed by atoms with Gasteiger partial charge in [0, 0.05) is 0 Å². The summed E-state index contributed by atoms with van der Waals surface area (Å²) in [7, 11) is 0. The maximum absolute atomic E-state index is 5.16. The third-order valence-electron chi connectivity index (χ3n) is 4.41. The van der Waals surface area contributed by atoms with Gasteiger partial charge in [-0.3, -0.25) is 0 Å². The van der Waals surface area contributed by atoms with E-state index >= 15 is 0 Å². The second kappa shape index (κ2) is 20.5. The molecule has 168 valence electrons. The minimum absolute atomic E-state index is 0. The standard InChI is InChI=1S/C13H12.C11H12.C4H10.C2H6.CH4/c1-11-7-9-13(10-8-11)12-5-3-2-4-6-12;1-3-7-10(2)11-8-5-4-6-9-11;1-3-4-2;1-2;/h2-10H,1H3;1,5,7-9H,4,6H2,2H3;3-4H2,1-2H3;1-2H3;1H4/b;10-7+;;;. The zero-order valence-corrected chi connectivity index (χ0v) is 19.9. The van der Waals surface area contributed by atoms with Crippen molar-refractivity contribution in [3.8, 4) is 23.5 Å². The van der Waals surface area contributed by atoms with E-state index in [9.17, 15) is 0 Å². The first-order valence-electron chi connectivity index (χ1n) is 11.2. The van der Waals surface area contributed by atoms with Crippen LogP contribution in [0.1, 0.15) is 73.3 Å². The van der Waals surface area contributed by atoms with Crippen molar-refractivity contribution >= 4 is 0 Å². The lowest BCUT2D eigenvalue weighted by Crippen LogP contribution is -1.85. The van der Waals surface area contributed by atoms with Crippen LogP contribution >= 0.6 is 0 Å². The third kappa shape index (κ3) is 14.0. The maximum Gasteiger partial charge on any atom is -0.00864 e. The molecule has 2 aromatic rings. The molecule has 0 atom stereocenters. The highest BCUT2D eigenvalue weighted by molar-refractivity contribution is 5.63. The summed E-state index contributed by atoms with van der Waals surface area (Å²) in [5.41, 5.74) is 6.33. The van der Waals surface area contributed by atoms with E-state index in [0.29, 0.717) is 0 Å². The molecule has 0 bridgehead atoms. The van der Waals surface area contributed by atoms with Crippen molar-refractivity contribution in [2.24, 2.45) is 0 Å². The molecular weight excluding hydrogens is 372 g/mol. The van der Waals surface area contributed by atoms with Crippen LogP contribution in [0.3, 0.4) is 0 Å². The van der Waals surface area contributed by atoms with Crippen molar-refractivity contribution < 1.29 is 0 Å². The number of allylic oxidation sites excluding steroid dienone is 6. The Morgan fingerprint density at radius 2 is 1.45 bits per heavy atom. The average molecular weight is 417 g/mol. The third-order valence-corrected chi connectivity index (χ3v) is 4.41. The van der Waals surface area contributed by atoms with Crippen LogP contribution < -0.4 is 0 Å².